The molecule has 120 valence electrons. The Hall–Kier alpha value is -1.30. The third kappa shape index (κ3) is 3.37. The van der Waals surface area contributed by atoms with E-state index in [0.717, 1.165) is 16.7 Å². The van der Waals surface area contributed by atoms with Gasteiger partial charge in [0.2, 0.25) is 0 Å². The smallest absolute Gasteiger partial charge is 0.400 e. The summed E-state index contributed by atoms with van der Waals surface area (Å²) in [5.74, 6) is 0. The van der Waals surface area contributed by atoms with Gasteiger partial charge in [0.1, 0.15) is 0 Å². The number of hydrogen-bond acceptors (Lipinski definition) is 4. The lowest BCUT2D eigenvalue weighted by Gasteiger charge is -2.32. The van der Waals surface area contributed by atoms with Crippen molar-refractivity contribution in [2.75, 3.05) is 25.5 Å². The van der Waals surface area contributed by atoms with Crippen molar-refractivity contribution >= 4 is 18.9 Å². The summed E-state index contributed by atoms with van der Waals surface area (Å²) in [5.41, 5.74) is 8.44. The summed E-state index contributed by atoms with van der Waals surface area (Å²) in [6.45, 7) is 8.60. The Balaban J connectivity index is 2.27. The van der Waals surface area contributed by atoms with E-state index in [-0.39, 0.29) is 11.2 Å². The highest BCUT2D eigenvalue weighted by Gasteiger charge is 2.52. The average Bonchev–Trinajstić information content (AvgIpc) is 2.65. The van der Waals surface area contributed by atoms with Crippen molar-refractivity contribution < 1.29 is 9.31 Å². The van der Waals surface area contributed by atoms with Gasteiger partial charge in [-0.05, 0) is 50.9 Å². The monoisotopic (exact) mass is 302 g/mol. The highest BCUT2D eigenvalue weighted by Crippen LogP contribution is 2.38. The molecule has 0 aromatic heterocycles. The molecule has 0 radical (unpaired) electrons. The first-order valence-electron chi connectivity index (χ1n) is 7.70. The Kier molecular flexibility index (Phi) is 4.71. The molecule has 0 amide bonds. The highest BCUT2D eigenvalue weighted by atomic mass is 16.7. The minimum absolute atomic E-state index is 0.350. The summed E-state index contributed by atoms with van der Waals surface area (Å²) in [5, 5.41) is 0. The molecule has 0 bridgehead atoms. The predicted molar refractivity (Wildman–Crippen MR) is 93.9 cm³/mol. The van der Waals surface area contributed by atoms with Crippen LogP contribution in [0, 0.1) is 0 Å². The minimum Gasteiger partial charge on any atom is -0.400 e. The van der Waals surface area contributed by atoms with Gasteiger partial charge in [0, 0.05) is 26.3 Å². The van der Waals surface area contributed by atoms with Crippen LogP contribution in [0.3, 0.4) is 0 Å². The second kappa shape index (κ2) is 6.07. The van der Waals surface area contributed by atoms with Gasteiger partial charge in [-0.2, -0.15) is 0 Å². The van der Waals surface area contributed by atoms with Gasteiger partial charge < -0.3 is 19.9 Å². The summed E-state index contributed by atoms with van der Waals surface area (Å²) >= 11 is 0. The van der Waals surface area contributed by atoms with E-state index in [9.17, 15) is 0 Å². The fraction of sp³-hybridized carbons (Fsp3) is 0.529. The molecule has 2 rings (SSSR count). The van der Waals surface area contributed by atoms with Crippen molar-refractivity contribution in [3.05, 3.63) is 35.3 Å². The van der Waals surface area contributed by atoms with E-state index in [0.29, 0.717) is 6.54 Å². The second-order valence-corrected chi connectivity index (χ2v) is 7.00. The first-order valence-corrected chi connectivity index (χ1v) is 7.70. The molecule has 5 heteroatoms. The van der Waals surface area contributed by atoms with E-state index in [1.807, 2.05) is 47.9 Å². The van der Waals surface area contributed by atoms with Gasteiger partial charge in [-0.25, -0.2) is 0 Å². The Bertz CT molecular complexity index is 552. The molecule has 0 atom stereocenters. The van der Waals surface area contributed by atoms with Gasteiger partial charge in [-0.3, -0.25) is 0 Å². The lowest BCUT2D eigenvalue weighted by atomic mass is 9.77. The van der Waals surface area contributed by atoms with Crippen LogP contribution >= 0.6 is 0 Å². The topological polar surface area (TPSA) is 47.7 Å². The third-order valence-corrected chi connectivity index (χ3v) is 4.53. The molecule has 1 heterocycles. The normalized spacial score (nSPS) is 20.3. The molecule has 4 nitrogen and oxygen atoms in total. The zero-order chi connectivity index (χ0) is 16.5. The van der Waals surface area contributed by atoms with Crippen LogP contribution in [0.15, 0.2) is 29.7 Å². The standard InChI is InChI=1S/C17H27BN2O2/c1-16(2)17(3,4)22-18(21-16)14(12-19)10-13-8-7-9-15(11-13)20(5)6/h7-11H,12,19H2,1-6H3. The van der Waals surface area contributed by atoms with Crippen LogP contribution in [0.4, 0.5) is 5.69 Å². The molecule has 0 aliphatic carbocycles. The first kappa shape index (κ1) is 17.1. The lowest BCUT2D eigenvalue weighted by Crippen LogP contribution is -2.41. The van der Waals surface area contributed by atoms with Crippen LogP contribution in [0.2, 0.25) is 0 Å². The van der Waals surface area contributed by atoms with Crippen LogP contribution in [0.1, 0.15) is 33.3 Å². The average molecular weight is 302 g/mol. The van der Waals surface area contributed by atoms with Crippen molar-refractivity contribution in [1.29, 1.82) is 0 Å². The van der Waals surface area contributed by atoms with Crippen LogP contribution in [-0.2, 0) is 9.31 Å². The Labute approximate surface area is 134 Å². The number of rotatable bonds is 4. The fourth-order valence-electron chi connectivity index (χ4n) is 2.32. The van der Waals surface area contributed by atoms with Gasteiger partial charge in [0.05, 0.1) is 11.2 Å². The van der Waals surface area contributed by atoms with Crippen molar-refractivity contribution in [1.82, 2.24) is 0 Å². The van der Waals surface area contributed by atoms with Crippen molar-refractivity contribution in [2.24, 2.45) is 5.73 Å². The highest BCUT2D eigenvalue weighted by molar-refractivity contribution is 6.55. The van der Waals surface area contributed by atoms with Crippen LogP contribution < -0.4 is 10.6 Å². The van der Waals surface area contributed by atoms with E-state index in [1.165, 1.54) is 0 Å². The summed E-state index contributed by atoms with van der Waals surface area (Å²) < 4.78 is 12.2. The first-order chi connectivity index (χ1) is 10.2. The number of nitrogens with two attached hydrogens (primary N) is 1. The summed E-state index contributed by atoms with van der Waals surface area (Å²) in [6, 6.07) is 8.31. The van der Waals surface area contributed by atoms with Crippen molar-refractivity contribution in [3.63, 3.8) is 0 Å². The molecule has 1 aliphatic rings. The van der Waals surface area contributed by atoms with E-state index in [4.69, 9.17) is 15.0 Å². The molecular formula is C17H27BN2O2. The van der Waals surface area contributed by atoms with Gasteiger partial charge in [0.15, 0.2) is 0 Å². The van der Waals surface area contributed by atoms with E-state index < -0.39 is 7.12 Å². The second-order valence-electron chi connectivity index (χ2n) is 7.00. The minimum atomic E-state index is -0.391. The maximum absolute atomic E-state index is 6.09. The number of hydrogen-bond donors (Lipinski definition) is 1. The molecule has 1 fully saturated rings. The predicted octanol–water partition coefficient (Wildman–Crippen LogP) is 2.73. The maximum Gasteiger partial charge on any atom is 0.491 e. The summed E-state index contributed by atoms with van der Waals surface area (Å²) in [6.07, 6.45) is 2.06. The fourth-order valence-corrected chi connectivity index (χ4v) is 2.32. The molecule has 1 aliphatic heterocycles. The molecule has 22 heavy (non-hydrogen) atoms. The van der Waals surface area contributed by atoms with Gasteiger partial charge >= 0.3 is 7.12 Å². The number of anilines is 1. The lowest BCUT2D eigenvalue weighted by molar-refractivity contribution is 0.00578. The maximum atomic E-state index is 6.09. The molecule has 1 aromatic carbocycles. The van der Waals surface area contributed by atoms with E-state index in [1.54, 1.807) is 0 Å². The quantitative estimate of drug-likeness (QED) is 0.869. The third-order valence-electron chi connectivity index (χ3n) is 4.53. The number of benzene rings is 1. The number of nitrogens with zero attached hydrogens (tertiary/aromatic N) is 1. The Morgan fingerprint density at radius 2 is 1.77 bits per heavy atom. The Morgan fingerprint density at radius 3 is 2.27 bits per heavy atom. The molecule has 0 saturated carbocycles. The molecule has 1 saturated heterocycles. The van der Waals surface area contributed by atoms with Crippen LogP contribution in [0.5, 0.6) is 0 Å². The zero-order valence-corrected chi connectivity index (χ0v) is 14.5. The molecule has 0 unspecified atom stereocenters. The van der Waals surface area contributed by atoms with Crippen LogP contribution in [-0.4, -0.2) is 39.0 Å². The van der Waals surface area contributed by atoms with E-state index in [2.05, 4.69) is 29.2 Å². The van der Waals surface area contributed by atoms with Gasteiger partial charge in [-0.1, -0.05) is 18.2 Å². The van der Waals surface area contributed by atoms with Gasteiger partial charge in [-0.15, -0.1) is 0 Å². The molecule has 1 aromatic rings. The molecule has 0 spiro atoms. The molecular weight excluding hydrogens is 275 g/mol. The largest absolute Gasteiger partial charge is 0.491 e. The van der Waals surface area contributed by atoms with Crippen molar-refractivity contribution in [3.8, 4) is 0 Å². The Morgan fingerprint density at radius 1 is 1.18 bits per heavy atom. The van der Waals surface area contributed by atoms with Gasteiger partial charge in [0.25, 0.3) is 0 Å². The van der Waals surface area contributed by atoms with Crippen molar-refractivity contribution in [2.45, 2.75) is 38.9 Å². The van der Waals surface area contributed by atoms with Crippen LogP contribution in [0.25, 0.3) is 6.08 Å². The summed E-state index contributed by atoms with van der Waals surface area (Å²) in [4.78, 5) is 2.08. The van der Waals surface area contributed by atoms with E-state index >= 15 is 0 Å². The summed E-state index contributed by atoms with van der Waals surface area (Å²) in [7, 11) is 3.67. The molecule has 2 N–H and O–H groups in total. The SMILES string of the molecule is CN(C)c1cccc(C=C(CN)B2OC(C)(C)C(C)(C)O2)c1. The zero-order valence-electron chi connectivity index (χ0n) is 14.5.